The highest BCUT2D eigenvalue weighted by atomic mass is 32.2. The van der Waals surface area contributed by atoms with Crippen LogP contribution in [0.1, 0.15) is 15.9 Å². The largest absolute Gasteiger partial charge is 0.497 e. The lowest BCUT2D eigenvalue weighted by atomic mass is 10.1. The fraction of sp³-hybridized carbons (Fsp3) is 0.133. The number of carboxylic acid groups (broad SMARTS) is 1. The quantitative estimate of drug-likeness (QED) is 0.851. The fourth-order valence-electron chi connectivity index (χ4n) is 1.74. The Bertz CT molecular complexity index is 628. The zero-order valence-corrected chi connectivity index (χ0v) is 11.6. The van der Waals surface area contributed by atoms with E-state index < -0.39 is 11.8 Å². The lowest BCUT2D eigenvalue weighted by Gasteiger charge is -2.07. The fourth-order valence-corrected chi connectivity index (χ4v) is 2.68. The van der Waals surface area contributed by atoms with Gasteiger partial charge in [-0.2, -0.15) is 0 Å². The number of carbonyl (C=O) groups is 1. The summed E-state index contributed by atoms with van der Waals surface area (Å²) in [4.78, 5) is 12.0. The van der Waals surface area contributed by atoms with Crippen LogP contribution in [0.3, 0.4) is 0 Å². The lowest BCUT2D eigenvalue weighted by Crippen LogP contribution is -2.02. The molecule has 104 valence electrons. The molecule has 5 heteroatoms. The molecule has 0 bridgehead atoms. The van der Waals surface area contributed by atoms with Gasteiger partial charge in [0.2, 0.25) is 0 Å². The van der Waals surface area contributed by atoms with Gasteiger partial charge in [0, 0.05) is 10.6 Å². The van der Waals surface area contributed by atoms with Gasteiger partial charge in [0.1, 0.15) is 11.6 Å². The normalized spacial score (nSPS) is 10.3. The maximum Gasteiger partial charge on any atom is 0.335 e. The lowest BCUT2D eigenvalue weighted by molar-refractivity contribution is 0.0696. The summed E-state index contributed by atoms with van der Waals surface area (Å²) in [5.41, 5.74) is 0.590. The molecular weight excluding hydrogens is 279 g/mol. The number of hydrogen-bond donors (Lipinski definition) is 1. The molecule has 0 saturated carbocycles. The number of hydrogen-bond acceptors (Lipinski definition) is 3. The predicted molar refractivity (Wildman–Crippen MR) is 75.9 cm³/mol. The minimum atomic E-state index is -1.05. The first kappa shape index (κ1) is 14.4. The molecule has 0 aliphatic carbocycles. The third kappa shape index (κ3) is 3.51. The standard InChI is InChI=1S/C15H13FO3S/c1-19-12-3-2-4-13(8-12)20-9-10-7-11(16)5-6-14(10)15(17)18/h2-8H,9H2,1H3,(H,17,18). The molecule has 2 rings (SSSR count). The molecule has 2 aromatic carbocycles. The number of aromatic carboxylic acids is 1. The summed E-state index contributed by atoms with van der Waals surface area (Å²) in [5.74, 6) is -0.373. The van der Waals surface area contributed by atoms with Gasteiger partial charge in [0.15, 0.2) is 0 Å². The Balaban J connectivity index is 2.17. The van der Waals surface area contributed by atoms with Crippen LogP contribution in [0.25, 0.3) is 0 Å². The highest BCUT2D eigenvalue weighted by Crippen LogP contribution is 2.27. The average Bonchev–Trinajstić information content (AvgIpc) is 2.45. The topological polar surface area (TPSA) is 46.5 Å². The number of ether oxygens (including phenoxy) is 1. The number of halogens is 1. The Hall–Kier alpha value is -2.01. The van der Waals surface area contributed by atoms with Crippen molar-refractivity contribution in [3.8, 4) is 5.75 Å². The first-order chi connectivity index (χ1) is 9.60. The van der Waals surface area contributed by atoms with Crippen molar-refractivity contribution in [3.05, 3.63) is 59.4 Å². The SMILES string of the molecule is COc1cccc(SCc2cc(F)ccc2C(=O)O)c1. The van der Waals surface area contributed by atoms with Crippen LogP contribution in [0.2, 0.25) is 0 Å². The summed E-state index contributed by atoms with van der Waals surface area (Å²) in [6, 6.07) is 11.1. The summed E-state index contributed by atoms with van der Waals surface area (Å²) >= 11 is 1.43. The van der Waals surface area contributed by atoms with Crippen LogP contribution in [0.4, 0.5) is 4.39 Å². The summed E-state index contributed by atoms with van der Waals surface area (Å²) < 4.78 is 18.4. The van der Waals surface area contributed by atoms with Crippen LogP contribution in [-0.4, -0.2) is 18.2 Å². The molecule has 0 atom stereocenters. The molecule has 0 aromatic heterocycles. The van der Waals surface area contributed by atoms with Gasteiger partial charge in [-0.25, -0.2) is 9.18 Å². The van der Waals surface area contributed by atoms with E-state index in [0.717, 1.165) is 16.7 Å². The average molecular weight is 292 g/mol. The van der Waals surface area contributed by atoms with Crippen LogP contribution in [0.5, 0.6) is 5.75 Å². The van der Waals surface area contributed by atoms with Crippen LogP contribution in [0.15, 0.2) is 47.4 Å². The van der Waals surface area contributed by atoms with E-state index >= 15 is 0 Å². The van der Waals surface area contributed by atoms with E-state index in [-0.39, 0.29) is 5.56 Å². The molecule has 0 fully saturated rings. The van der Waals surface area contributed by atoms with E-state index in [2.05, 4.69) is 0 Å². The molecule has 0 aliphatic rings. The molecule has 20 heavy (non-hydrogen) atoms. The Morgan fingerprint density at radius 1 is 1.30 bits per heavy atom. The van der Waals surface area contributed by atoms with Crippen LogP contribution >= 0.6 is 11.8 Å². The van der Waals surface area contributed by atoms with E-state index in [0.29, 0.717) is 11.3 Å². The summed E-state index contributed by atoms with van der Waals surface area (Å²) in [6.45, 7) is 0. The molecule has 2 aromatic rings. The third-order valence-corrected chi connectivity index (χ3v) is 3.78. The number of thioether (sulfide) groups is 1. The maximum atomic E-state index is 13.2. The second-order valence-electron chi connectivity index (χ2n) is 4.07. The second kappa shape index (κ2) is 6.43. The van der Waals surface area contributed by atoms with Crippen LogP contribution in [-0.2, 0) is 5.75 Å². The molecule has 0 radical (unpaired) electrons. The zero-order valence-electron chi connectivity index (χ0n) is 10.8. The van der Waals surface area contributed by atoms with Crippen LogP contribution in [0, 0.1) is 5.82 Å². The van der Waals surface area contributed by atoms with Crippen molar-refractivity contribution >= 4 is 17.7 Å². The number of rotatable bonds is 5. The van der Waals surface area contributed by atoms with Crippen molar-refractivity contribution in [2.75, 3.05) is 7.11 Å². The number of benzene rings is 2. The van der Waals surface area contributed by atoms with Gasteiger partial charge >= 0.3 is 5.97 Å². The molecular formula is C15H13FO3S. The first-order valence-corrected chi connectivity index (χ1v) is 6.87. The van der Waals surface area contributed by atoms with Gasteiger partial charge in [-0.15, -0.1) is 11.8 Å². The van der Waals surface area contributed by atoms with Crippen molar-refractivity contribution in [3.63, 3.8) is 0 Å². The third-order valence-electron chi connectivity index (χ3n) is 2.73. The monoisotopic (exact) mass is 292 g/mol. The first-order valence-electron chi connectivity index (χ1n) is 5.88. The molecule has 0 saturated heterocycles. The van der Waals surface area contributed by atoms with E-state index in [4.69, 9.17) is 9.84 Å². The van der Waals surface area contributed by atoms with Gasteiger partial charge in [-0.1, -0.05) is 6.07 Å². The van der Waals surface area contributed by atoms with Crippen molar-refractivity contribution in [1.82, 2.24) is 0 Å². The summed E-state index contributed by atoms with van der Waals surface area (Å²) in [5, 5.41) is 9.08. The number of carboxylic acids is 1. The molecule has 0 amide bonds. The number of methoxy groups -OCH3 is 1. The van der Waals surface area contributed by atoms with E-state index in [1.807, 2.05) is 24.3 Å². The van der Waals surface area contributed by atoms with Gasteiger partial charge in [-0.05, 0) is 42.0 Å². The van der Waals surface area contributed by atoms with Crippen molar-refractivity contribution in [1.29, 1.82) is 0 Å². The Labute approximate surface area is 120 Å². The minimum absolute atomic E-state index is 0.127. The maximum absolute atomic E-state index is 13.2. The smallest absolute Gasteiger partial charge is 0.335 e. The Morgan fingerprint density at radius 3 is 2.80 bits per heavy atom. The van der Waals surface area contributed by atoms with Crippen molar-refractivity contribution < 1.29 is 19.0 Å². The molecule has 0 unspecified atom stereocenters. The zero-order chi connectivity index (χ0) is 14.5. The molecule has 0 heterocycles. The predicted octanol–water partition coefficient (Wildman–Crippen LogP) is 3.82. The second-order valence-corrected chi connectivity index (χ2v) is 5.12. The van der Waals surface area contributed by atoms with Crippen LogP contribution < -0.4 is 4.74 Å². The summed E-state index contributed by atoms with van der Waals surface area (Å²) in [7, 11) is 1.58. The van der Waals surface area contributed by atoms with Gasteiger partial charge in [0.05, 0.1) is 12.7 Å². The highest BCUT2D eigenvalue weighted by Gasteiger charge is 2.11. The summed E-state index contributed by atoms with van der Waals surface area (Å²) in [6.07, 6.45) is 0. The van der Waals surface area contributed by atoms with E-state index in [1.165, 1.54) is 23.9 Å². The molecule has 0 spiro atoms. The Morgan fingerprint density at radius 2 is 2.10 bits per heavy atom. The molecule has 3 nitrogen and oxygen atoms in total. The minimum Gasteiger partial charge on any atom is -0.497 e. The van der Waals surface area contributed by atoms with Gasteiger partial charge in [-0.3, -0.25) is 0 Å². The van der Waals surface area contributed by atoms with Crippen molar-refractivity contribution in [2.24, 2.45) is 0 Å². The van der Waals surface area contributed by atoms with Crippen molar-refractivity contribution in [2.45, 2.75) is 10.6 Å². The molecule has 1 N–H and O–H groups in total. The highest BCUT2D eigenvalue weighted by molar-refractivity contribution is 7.98. The Kier molecular flexibility index (Phi) is 4.63. The van der Waals surface area contributed by atoms with Gasteiger partial charge < -0.3 is 9.84 Å². The van der Waals surface area contributed by atoms with E-state index in [1.54, 1.807) is 7.11 Å². The van der Waals surface area contributed by atoms with Gasteiger partial charge in [0.25, 0.3) is 0 Å². The molecule has 0 aliphatic heterocycles. The van der Waals surface area contributed by atoms with E-state index in [9.17, 15) is 9.18 Å².